The van der Waals surface area contributed by atoms with E-state index >= 15 is 0 Å². The number of hydrogen-bond acceptors (Lipinski definition) is 2. The number of anilines is 1. The zero-order valence-corrected chi connectivity index (χ0v) is 50.8. The fraction of sp³-hybridized carbons (Fsp3) is 0.0814. The Balaban J connectivity index is 0.829. The van der Waals surface area contributed by atoms with Crippen molar-refractivity contribution in [3.05, 3.63) is 330 Å². The molecule has 1 aromatic heterocycles. The summed E-state index contributed by atoms with van der Waals surface area (Å²) < 4.78 is 2.41. The van der Waals surface area contributed by atoms with E-state index in [-0.39, 0.29) is 5.92 Å². The van der Waals surface area contributed by atoms with Crippen LogP contribution < -0.4 is 4.90 Å². The third-order valence-corrected chi connectivity index (χ3v) is 18.4. The first-order valence-electron chi connectivity index (χ1n) is 31.1. The second-order valence-corrected chi connectivity index (χ2v) is 23.9. The van der Waals surface area contributed by atoms with Crippen LogP contribution in [0.15, 0.2) is 308 Å². The van der Waals surface area contributed by atoms with Crippen LogP contribution in [0.1, 0.15) is 68.0 Å². The molecule has 1 unspecified atom stereocenters. The van der Waals surface area contributed by atoms with E-state index in [1.807, 2.05) is 12.3 Å². The van der Waals surface area contributed by atoms with Crippen LogP contribution in [0.5, 0.6) is 0 Å². The Morgan fingerprint density at radius 2 is 1.07 bits per heavy atom. The van der Waals surface area contributed by atoms with Gasteiger partial charge in [-0.15, -0.1) is 0 Å². The van der Waals surface area contributed by atoms with Crippen molar-refractivity contribution in [3.63, 3.8) is 0 Å². The van der Waals surface area contributed by atoms with Gasteiger partial charge < -0.3 is 9.47 Å². The molecule has 1 atom stereocenters. The molecule has 2 aliphatic heterocycles. The van der Waals surface area contributed by atoms with Crippen molar-refractivity contribution in [1.82, 2.24) is 4.57 Å². The van der Waals surface area contributed by atoms with E-state index in [9.17, 15) is 0 Å². The van der Waals surface area contributed by atoms with Crippen LogP contribution in [0.4, 0.5) is 5.69 Å². The smallest absolute Gasteiger partial charge is 0.0488 e. The summed E-state index contributed by atoms with van der Waals surface area (Å²) >= 11 is 0. The fourth-order valence-electron chi connectivity index (χ4n) is 14.1. The monoisotopic (exact) mass is 1140 g/mol. The molecule has 0 radical (unpaired) electrons. The molecule has 15 rings (SSSR count). The van der Waals surface area contributed by atoms with Crippen molar-refractivity contribution in [2.75, 3.05) is 4.90 Å². The molecule has 426 valence electrons. The van der Waals surface area contributed by atoms with Crippen molar-refractivity contribution in [2.45, 2.75) is 46.5 Å². The predicted octanol–water partition coefficient (Wildman–Crippen LogP) is 23.4. The van der Waals surface area contributed by atoms with E-state index < -0.39 is 0 Å². The summed E-state index contributed by atoms with van der Waals surface area (Å²) in [5, 5.41) is 15.4. The molecule has 11 aromatic carbocycles. The van der Waals surface area contributed by atoms with E-state index in [2.05, 4.69) is 323 Å². The Morgan fingerprint density at radius 3 is 1.69 bits per heavy atom. The molecule has 0 saturated carbocycles. The maximum absolute atomic E-state index is 5.13. The van der Waals surface area contributed by atoms with Gasteiger partial charge in [0.05, 0.1) is 0 Å². The van der Waals surface area contributed by atoms with Gasteiger partial charge in [-0.1, -0.05) is 243 Å². The summed E-state index contributed by atoms with van der Waals surface area (Å²) in [5.41, 5.74) is 21.2. The first-order chi connectivity index (χ1) is 43.8. The van der Waals surface area contributed by atoms with Crippen molar-refractivity contribution in [3.8, 4) is 39.1 Å². The standard InChI is InChI=1S/C86H67N3/c1-6-9-13-19-68-55-88(82-27-16-12-15-24-77(68)82)73-50-70(51-74(52-73)89-80(25-11-8-3)56(4)46-57(5)81(89)26-14-10-7-2)59-30-28-58(29-31-59)66-36-37-67(54-87-53-66)69-47-71(75-42-38-64-34-32-60-20-17-22-62-40-44-78(75)85(64)83(60)62)49-72(48-69)76-43-39-65-35-33-61-21-18-23-63-41-45-79(76)86(65)84(61)63/h6-26,28-45,47-55,67H,3,27,46H2,1-2,4-5H3/b9-6-,10-7-,19-13-,25-11-,26-14-. The molecule has 89 heavy (non-hydrogen) atoms. The summed E-state index contributed by atoms with van der Waals surface area (Å²) in [6.07, 6.45) is 44.8. The van der Waals surface area contributed by atoms with Crippen LogP contribution >= 0.6 is 0 Å². The molecule has 0 bridgehead atoms. The molecule has 0 saturated heterocycles. The average Bonchev–Trinajstić information content (AvgIpc) is 1.36. The van der Waals surface area contributed by atoms with Crippen molar-refractivity contribution >= 4 is 94.3 Å². The summed E-state index contributed by atoms with van der Waals surface area (Å²) in [6, 6.07) is 64.3. The highest BCUT2D eigenvalue weighted by Gasteiger charge is 2.26. The van der Waals surface area contributed by atoms with Gasteiger partial charge in [0.1, 0.15) is 0 Å². The van der Waals surface area contributed by atoms with E-state index in [4.69, 9.17) is 4.99 Å². The Bertz CT molecular complexity index is 5040. The Hall–Kier alpha value is -10.9. The van der Waals surface area contributed by atoms with Crippen molar-refractivity contribution in [2.24, 2.45) is 4.99 Å². The minimum Gasteiger partial charge on any atom is -0.319 e. The van der Waals surface area contributed by atoms with Gasteiger partial charge in [-0.05, 0) is 196 Å². The van der Waals surface area contributed by atoms with Crippen LogP contribution in [0.2, 0.25) is 0 Å². The third kappa shape index (κ3) is 9.86. The molecule has 0 fully saturated rings. The van der Waals surface area contributed by atoms with Crippen LogP contribution in [0.3, 0.4) is 0 Å². The van der Waals surface area contributed by atoms with Gasteiger partial charge in [0.25, 0.3) is 0 Å². The number of fused-ring (bicyclic) bond motifs is 1. The predicted molar refractivity (Wildman–Crippen MR) is 386 cm³/mol. The van der Waals surface area contributed by atoms with Gasteiger partial charge in [0.2, 0.25) is 0 Å². The van der Waals surface area contributed by atoms with Gasteiger partial charge in [0, 0.05) is 70.5 Å². The second-order valence-electron chi connectivity index (χ2n) is 23.9. The number of nitrogens with zero attached hydrogens (tertiary/aromatic N) is 3. The normalized spacial score (nSPS) is 15.7. The highest BCUT2D eigenvalue weighted by Crippen LogP contribution is 2.46. The van der Waals surface area contributed by atoms with Gasteiger partial charge >= 0.3 is 0 Å². The first kappa shape index (κ1) is 54.8. The lowest BCUT2D eigenvalue weighted by atomic mass is 9.85. The second kappa shape index (κ2) is 23.1. The molecule has 12 aromatic rings. The lowest BCUT2D eigenvalue weighted by molar-refractivity contribution is 0.940. The summed E-state index contributed by atoms with van der Waals surface area (Å²) in [6.45, 7) is 12.7. The van der Waals surface area contributed by atoms with Gasteiger partial charge in [-0.25, -0.2) is 0 Å². The first-order valence-corrected chi connectivity index (χ1v) is 31.1. The topological polar surface area (TPSA) is 20.5 Å². The molecule has 3 aliphatic rings. The van der Waals surface area contributed by atoms with Crippen LogP contribution in [-0.4, -0.2) is 10.8 Å². The lowest BCUT2D eigenvalue weighted by Crippen LogP contribution is -2.26. The summed E-state index contributed by atoms with van der Waals surface area (Å²) in [7, 11) is 0. The summed E-state index contributed by atoms with van der Waals surface area (Å²) in [5.74, 6) is -0.0922. The maximum Gasteiger partial charge on any atom is 0.0488 e. The van der Waals surface area contributed by atoms with E-state index in [0.29, 0.717) is 0 Å². The molecule has 0 amide bonds. The molecule has 3 nitrogen and oxygen atoms in total. The fourth-order valence-corrected chi connectivity index (χ4v) is 14.1. The van der Waals surface area contributed by atoms with Gasteiger partial charge in [-0.2, -0.15) is 0 Å². The SMILES string of the molecule is C=C/C=C\C1=C(C)CC(C)=C(/C=C\C=C/C)N1c1cc(-c2ccc(C3=CN=CC(c4cc(-c5ccc6ccc7cccc8ccc5c6c78)cc(-c5ccc6ccc7cccc8ccc5c6c78)c4)C=C3)cc2)cc(-n2cc(/C=C\C=C/C)c3c2CC=CC=C3)c1. The quantitative estimate of drug-likeness (QED) is 0.0832. The molecule has 0 spiro atoms. The Kier molecular flexibility index (Phi) is 14.2. The maximum atomic E-state index is 5.13. The minimum absolute atomic E-state index is 0.0922. The molecule has 3 heterocycles. The van der Waals surface area contributed by atoms with Crippen LogP contribution in [0.25, 0.3) is 121 Å². The third-order valence-electron chi connectivity index (χ3n) is 18.4. The lowest BCUT2D eigenvalue weighted by Gasteiger charge is -2.35. The van der Waals surface area contributed by atoms with Gasteiger partial charge in [0.15, 0.2) is 0 Å². The number of benzene rings is 11. The number of aliphatic imine (C=N–C) groups is 1. The van der Waals surface area contributed by atoms with E-state index in [1.54, 1.807) is 0 Å². The average molecular weight is 1140 g/mol. The number of allylic oxidation sites excluding steroid dienone is 18. The molecule has 0 N–H and O–H groups in total. The van der Waals surface area contributed by atoms with E-state index in [1.165, 1.54) is 120 Å². The molecular weight excluding hydrogens is 1070 g/mol. The number of hydrogen-bond donors (Lipinski definition) is 0. The largest absolute Gasteiger partial charge is 0.319 e. The van der Waals surface area contributed by atoms with Crippen LogP contribution in [0, 0.1) is 0 Å². The minimum atomic E-state index is -0.0922. The highest BCUT2D eigenvalue weighted by atomic mass is 15.2. The zero-order valence-electron chi connectivity index (χ0n) is 50.8. The number of rotatable bonds is 13. The van der Waals surface area contributed by atoms with E-state index in [0.717, 1.165) is 57.9 Å². The van der Waals surface area contributed by atoms with Crippen molar-refractivity contribution < 1.29 is 0 Å². The summed E-state index contributed by atoms with van der Waals surface area (Å²) in [4.78, 5) is 7.57. The highest BCUT2D eigenvalue weighted by molar-refractivity contribution is 6.27. The van der Waals surface area contributed by atoms with Gasteiger partial charge in [-0.3, -0.25) is 4.99 Å². The number of aromatic nitrogens is 1. The van der Waals surface area contributed by atoms with Crippen molar-refractivity contribution in [1.29, 1.82) is 0 Å². The molecule has 3 heteroatoms. The molecule has 1 aliphatic carbocycles. The Labute approximate surface area is 521 Å². The van der Waals surface area contributed by atoms with Crippen LogP contribution in [-0.2, 0) is 6.42 Å². The molecular formula is C86H67N3. The zero-order chi connectivity index (χ0) is 60.1. The Morgan fingerprint density at radius 1 is 0.506 bits per heavy atom.